The van der Waals surface area contributed by atoms with Crippen molar-refractivity contribution in [3.8, 4) is 0 Å². The highest BCUT2D eigenvalue weighted by Crippen LogP contribution is 2.18. The van der Waals surface area contributed by atoms with Crippen LogP contribution in [0.15, 0.2) is 18.6 Å². The summed E-state index contributed by atoms with van der Waals surface area (Å²) in [5.74, 6) is 1.71. The van der Waals surface area contributed by atoms with E-state index < -0.39 is 0 Å². The van der Waals surface area contributed by atoms with Gasteiger partial charge < -0.3 is 10.6 Å². The number of aryl methyl sites for hydroxylation is 1. The van der Waals surface area contributed by atoms with Crippen molar-refractivity contribution in [2.24, 2.45) is 7.05 Å². The highest BCUT2D eigenvalue weighted by Gasteiger charge is 2.06. The molecular formula is C12H18N6. The topological polar surface area (TPSA) is 67.7 Å². The van der Waals surface area contributed by atoms with Crippen LogP contribution in [0.25, 0.3) is 0 Å². The summed E-state index contributed by atoms with van der Waals surface area (Å²) in [6, 6.07) is 1.98. The van der Waals surface area contributed by atoms with Crippen molar-refractivity contribution >= 4 is 11.6 Å². The molecule has 6 nitrogen and oxygen atoms in total. The van der Waals surface area contributed by atoms with Gasteiger partial charge in [-0.1, -0.05) is 0 Å². The van der Waals surface area contributed by atoms with Crippen LogP contribution in [0, 0.1) is 6.92 Å². The van der Waals surface area contributed by atoms with Crippen molar-refractivity contribution in [1.82, 2.24) is 19.7 Å². The van der Waals surface area contributed by atoms with Crippen LogP contribution < -0.4 is 10.6 Å². The molecule has 0 aliphatic heterocycles. The van der Waals surface area contributed by atoms with Crippen molar-refractivity contribution in [2.45, 2.75) is 20.4 Å². The van der Waals surface area contributed by atoms with E-state index in [1.165, 1.54) is 0 Å². The molecule has 0 spiro atoms. The average Bonchev–Trinajstić information content (AvgIpc) is 2.77. The first kappa shape index (κ1) is 12.3. The van der Waals surface area contributed by atoms with Gasteiger partial charge in [-0.25, -0.2) is 9.97 Å². The summed E-state index contributed by atoms with van der Waals surface area (Å²) in [4.78, 5) is 8.45. The molecule has 2 heterocycles. The lowest BCUT2D eigenvalue weighted by atomic mass is 10.3. The van der Waals surface area contributed by atoms with E-state index in [2.05, 4.69) is 25.7 Å². The summed E-state index contributed by atoms with van der Waals surface area (Å²) in [6.07, 6.45) is 3.49. The monoisotopic (exact) mass is 246 g/mol. The standard InChI is InChI=1S/C12H18N6/c1-4-13-11-9(2)12(16-8-15-11)14-7-10-5-6-18(3)17-10/h5-6,8H,4,7H2,1-3H3,(H2,13,14,15,16). The van der Waals surface area contributed by atoms with Gasteiger partial charge in [0.15, 0.2) is 0 Å². The molecule has 96 valence electrons. The first-order valence-electron chi connectivity index (χ1n) is 5.98. The molecule has 18 heavy (non-hydrogen) atoms. The molecular weight excluding hydrogens is 228 g/mol. The number of hydrogen-bond acceptors (Lipinski definition) is 5. The highest BCUT2D eigenvalue weighted by molar-refractivity contribution is 5.56. The van der Waals surface area contributed by atoms with Gasteiger partial charge in [-0.15, -0.1) is 0 Å². The molecule has 0 unspecified atom stereocenters. The summed E-state index contributed by atoms with van der Waals surface area (Å²) in [5.41, 5.74) is 2.01. The zero-order valence-electron chi connectivity index (χ0n) is 10.9. The first-order valence-corrected chi connectivity index (χ1v) is 5.98. The average molecular weight is 246 g/mol. The van der Waals surface area contributed by atoms with Gasteiger partial charge in [-0.05, 0) is 19.9 Å². The second-order valence-corrected chi connectivity index (χ2v) is 4.06. The Balaban J connectivity index is 2.07. The van der Waals surface area contributed by atoms with Gasteiger partial charge in [0.25, 0.3) is 0 Å². The minimum absolute atomic E-state index is 0.657. The highest BCUT2D eigenvalue weighted by atomic mass is 15.3. The van der Waals surface area contributed by atoms with Gasteiger partial charge in [-0.3, -0.25) is 4.68 Å². The van der Waals surface area contributed by atoms with E-state index in [-0.39, 0.29) is 0 Å². The summed E-state index contributed by atoms with van der Waals surface area (Å²) in [5, 5.41) is 10.8. The van der Waals surface area contributed by atoms with Crippen LogP contribution in [-0.2, 0) is 13.6 Å². The smallest absolute Gasteiger partial charge is 0.134 e. The summed E-state index contributed by atoms with van der Waals surface area (Å²) < 4.78 is 1.79. The van der Waals surface area contributed by atoms with E-state index in [1.807, 2.05) is 33.2 Å². The number of rotatable bonds is 5. The molecule has 0 aromatic carbocycles. The third kappa shape index (κ3) is 2.77. The van der Waals surface area contributed by atoms with Gasteiger partial charge >= 0.3 is 0 Å². The molecule has 0 bridgehead atoms. The van der Waals surface area contributed by atoms with E-state index in [9.17, 15) is 0 Å². The van der Waals surface area contributed by atoms with Crippen molar-refractivity contribution in [1.29, 1.82) is 0 Å². The molecule has 2 aromatic rings. The van der Waals surface area contributed by atoms with Crippen LogP contribution in [0.2, 0.25) is 0 Å². The van der Waals surface area contributed by atoms with Crippen molar-refractivity contribution in [2.75, 3.05) is 17.2 Å². The summed E-state index contributed by atoms with van der Waals surface area (Å²) in [6.45, 7) is 5.54. The fourth-order valence-electron chi connectivity index (χ4n) is 1.71. The SMILES string of the molecule is CCNc1ncnc(NCc2ccn(C)n2)c1C. The van der Waals surface area contributed by atoms with Crippen LogP contribution in [-0.4, -0.2) is 26.3 Å². The Hall–Kier alpha value is -2.11. The number of nitrogens with zero attached hydrogens (tertiary/aromatic N) is 4. The van der Waals surface area contributed by atoms with Gasteiger partial charge in [0.2, 0.25) is 0 Å². The maximum atomic E-state index is 4.31. The van der Waals surface area contributed by atoms with Crippen LogP contribution in [0.3, 0.4) is 0 Å². The Labute approximate surface area is 106 Å². The van der Waals surface area contributed by atoms with E-state index in [4.69, 9.17) is 0 Å². The lowest BCUT2D eigenvalue weighted by Crippen LogP contribution is -2.08. The first-order chi connectivity index (χ1) is 8.70. The lowest BCUT2D eigenvalue weighted by molar-refractivity contribution is 0.746. The van der Waals surface area contributed by atoms with Gasteiger partial charge in [0.1, 0.15) is 18.0 Å². The molecule has 0 fully saturated rings. The summed E-state index contributed by atoms with van der Waals surface area (Å²) >= 11 is 0. The normalized spacial score (nSPS) is 10.4. The third-order valence-electron chi connectivity index (χ3n) is 2.63. The number of aromatic nitrogens is 4. The zero-order valence-corrected chi connectivity index (χ0v) is 10.9. The molecule has 0 atom stereocenters. The Morgan fingerprint density at radius 2 is 1.94 bits per heavy atom. The number of nitrogens with one attached hydrogen (secondary N) is 2. The Bertz CT molecular complexity index is 519. The van der Waals surface area contributed by atoms with Crippen LogP contribution in [0.4, 0.5) is 11.6 Å². The largest absolute Gasteiger partial charge is 0.370 e. The van der Waals surface area contributed by atoms with Crippen LogP contribution in [0.5, 0.6) is 0 Å². The second-order valence-electron chi connectivity index (χ2n) is 4.06. The van der Waals surface area contributed by atoms with Crippen molar-refractivity contribution in [3.63, 3.8) is 0 Å². The Morgan fingerprint density at radius 1 is 1.22 bits per heavy atom. The molecule has 6 heteroatoms. The van der Waals surface area contributed by atoms with Gasteiger partial charge in [0, 0.05) is 25.4 Å². The molecule has 2 rings (SSSR count). The quantitative estimate of drug-likeness (QED) is 0.838. The maximum Gasteiger partial charge on any atom is 0.134 e. The Kier molecular flexibility index (Phi) is 3.76. The van der Waals surface area contributed by atoms with E-state index in [0.29, 0.717) is 6.54 Å². The molecule has 2 N–H and O–H groups in total. The minimum Gasteiger partial charge on any atom is -0.370 e. The predicted octanol–water partition coefficient (Wildman–Crippen LogP) is 1.56. The van der Waals surface area contributed by atoms with Crippen LogP contribution >= 0.6 is 0 Å². The minimum atomic E-state index is 0.657. The van der Waals surface area contributed by atoms with Crippen molar-refractivity contribution < 1.29 is 0 Å². The van der Waals surface area contributed by atoms with Gasteiger partial charge in [0.05, 0.1) is 12.2 Å². The fraction of sp³-hybridized carbons (Fsp3) is 0.417. The van der Waals surface area contributed by atoms with Gasteiger partial charge in [-0.2, -0.15) is 5.10 Å². The van der Waals surface area contributed by atoms with Crippen molar-refractivity contribution in [3.05, 3.63) is 29.8 Å². The molecule has 0 saturated heterocycles. The molecule has 0 aliphatic rings. The van der Waals surface area contributed by atoms with Crippen LogP contribution in [0.1, 0.15) is 18.2 Å². The van der Waals surface area contributed by atoms with E-state index in [1.54, 1.807) is 11.0 Å². The predicted molar refractivity (Wildman–Crippen MR) is 71.5 cm³/mol. The summed E-state index contributed by atoms with van der Waals surface area (Å²) in [7, 11) is 1.91. The number of anilines is 2. The maximum absolute atomic E-state index is 4.31. The lowest BCUT2D eigenvalue weighted by Gasteiger charge is -2.11. The molecule has 0 saturated carbocycles. The number of hydrogen-bond donors (Lipinski definition) is 2. The zero-order chi connectivity index (χ0) is 13.0. The molecule has 0 amide bonds. The van der Waals surface area contributed by atoms with E-state index in [0.717, 1.165) is 29.4 Å². The second kappa shape index (κ2) is 5.48. The fourth-order valence-corrected chi connectivity index (χ4v) is 1.71. The molecule has 0 radical (unpaired) electrons. The Morgan fingerprint density at radius 3 is 2.56 bits per heavy atom. The molecule has 0 aliphatic carbocycles. The molecule has 2 aromatic heterocycles. The third-order valence-corrected chi connectivity index (χ3v) is 2.63. The van der Waals surface area contributed by atoms with E-state index >= 15 is 0 Å².